The molecule has 0 atom stereocenters. The highest BCUT2D eigenvalue weighted by Gasteiger charge is 2.39. The van der Waals surface area contributed by atoms with Crippen LogP contribution in [0.3, 0.4) is 0 Å². The number of carbonyl (C=O) groups is 1. The fraction of sp³-hybridized carbons (Fsp3) is 0.233. The Morgan fingerprint density at radius 1 is 1.08 bits per heavy atom. The van der Waals surface area contributed by atoms with E-state index >= 15 is 0 Å². The smallest absolute Gasteiger partial charge is 0.352 e. The van der Waals surface area contributed by atoms with E-state index in [4.69, 9.17) is 13.8 Å². The molecule has 4 aromatic rings. The molecule has 0 aliphatic carbocycles. The Bertz CT molecular complexity index is 1430. The van der Waals surface area contributed by atoms with Gasteiger partial charge in [-0.05, 0) is 48.0 Å². The van der Waals surface area contributed by atoms with Crippen LogP contribution in [0.25, 0.3) is 17.3 Å². The fourth-order valence-electron chi connectivity index (χ4n) is 3.54. The number of furan rings is 1. The lowest BCUT2D eigenvalue weighted by Gasteiger charge is -2.36. The van der Waals surface area contributed by atoms with Crippen LogP contribution in [-0.4, -0.2) is 29.4 Å². The average molecular weight is 528 g/mol. The number of aromatic nitrogens is 2. The second-order valence-electron chi connectivity index (χ2n) is 10.6. The van der Waals surface area contributed by atoms with Crippen molar-refractivity contribution in [1.82, 2.24) is 9.97 Å². The average Bonchev–Trinajstić information content (AvgIpc) is 3.37. The molecule has 0 aliphatic heterocycles. The Morgan fingerprint density at radius 3 is 2.50 bits per heavy atom. The van der Waals surface area contributed by atoms with Crippen LogP contribution in [0.15, 0.2) is 89.3 Å². The van der Waals surface area contributed by atoms with Crippen molar-refractivity contribution in [3.63, 3.8) is 0 Å². The van der Waals surface area contributed by atoms with E-state index < -0.39 is 14.3 Å². The molecule has 38 heavy (non-hydrogen) atoms. The zero-order chi connectivity index (χ0) is 27.3. The molecule has 0 aliphatic rings. The van der Waals surface area contributed by atoms with Gasteiger partial charge < -0.3 is 19.3 Å². The van der Waals surface area contributed by atoms with Gasteiger partial charge in [0.1, 0.15) is 17.2 Å². The second kappa shape index (κ2) is 11.1. The first-order valence-corrected chi connectivity index (χ1v) is 15.4. The summed E-state index contributed by atoms with van der Waals surface area (Å²) in [6.07, 6.45) is 5.03. The normalized spacial score (nSPS) is 12.3. The van der Waals surface area contributed by atoms with E-state index in [1.165, 1.54) is 12.3 Å². The van der Waals surface area contributed by atoms with Gasteiger partial charge in [0, 0.05) is 18.1 Å². The van der Waals surface area contributed by atoms with Crippen LogP contribution in [0.2, 0.25) is 18.1 Å². The van der Waals surface area contributed by atoms with Crippen LogP contribution in [0.1, 0.15) is 37.8 Å². The van der Waals surface area contributed by atoms with Crippen molar-refractivity contribution < 1.29 is 18.7 Å². The zero-order valence-corrected chi connectivity index (χ0v) is 23.4. The molecule has 4 rings (SSSR count). The lowest BCUT2D eigenvalue weighted by molar-refractivity contribution is -0.132. The lowest BCUT2D eigenvalue weighted by atomic mass is 10.1. The molecule has 0 bridgehead atoms. The van der Waals surface area contributed by atoms with Gasteiger partial charge in [-0.3, -0.25) is 0 Å². The maximum atomic E-state index is 12.0. The minimum absolute atomic E-state index is 0.0684. The van der Waals surface area contributed by atoms with E-state index in [0.29, 0.717) is 29.4 Å². The molecule has 2 N–H and O–H groups in total. The molecule has 0 fully saturated rings. The van der Waals surface area contributed by atoms with Crippen molar-refractivity contribution in [3.05, 3.63) is 102 Å². The number of nitrogens with one attached hydrogen (secondary N) is 1. The molecule has 0 saturated heterocycles. The molecule has 2 heterocycles. The van der Waals surface area contributed by atoms with E-state index in [0.717, 1.165) is 16.9 Å². The van der Waals surface area contributed by atoms with Gasteiger partial charge in [-0.1, -0.05) is 63.2 Å². The summed E-state index contributed by atoms with van der Waals surface area (Å²) in [5.74, 6) is 0.458. The third kappa shape index (κ3) is 6.57. The standard InChI is InChI=1S/C30H33N3O4Si/c1-30(2,3)38(4,5)37-24-14-9-13-22(18-24)27-20-31-28(25(32-27)17-21-11-7-6-8-12-21)33-26(29(34)35)19-23-15-10-16-36-23/h6-16,18-20H,17H2,1-5H3,(H,31,33)(H,34,35). The van der Waals surface area contributed by atoms with E-state index in [1.54, 1.807) is 18.3 Å². The molecular weight excluding hydrogens is 494 g/mol. The van der Waals surface area contributed by atoms with Crippen LogP contribution in [0.4, 0.5) is 5.82 Å². The van der Waals surface area contributed by atoms with Crippen LogP contribution in [0.5, 0.6) is 5.75 Å². The molecule has 196 valence electrons. The summed E-state index contributed by atoms with van der Waals surface area (Å²) in [5, 5.41) is 12.8. The zero-order valence-electron chi connectivity index (χ0n) is 22.4. The number of carboxylic acid groups (broad SMARTS) is 1. The van der Waals surface area contributed by atoms with Crippen molar-refractivity contribution in [3.8, 4) is 17.0 Å². The van der Waals surface area contributed by atoms with Gasteiger partial charge in [0.15, 0.2) is 5.82 Å². The predicted octanol–water partition coefficient (Wildman–Crippen LogP) is 7.25. The molecule has 2 aromatic carbocycles. The predicted molar refractivity (Wildman–Crippen MR) is 152 cm³/mol. The summed E-state index contributed by atoms with van der Waals surface area (Å²) < 4.78 is 11.8. The minimum atomic E-state index is -2.01. The number of hydrogen-bond donors (Lipinski definition) is 2. The molecule has 7 nitrogen and oxygen atoms in total. The number of benzene rings is 2. The van der Waals surface area contributed by atoms with Crippen LogP contribution in [0, 0.1) is 0 Å². The first-order chi connectivity index (χ1) is 18.0. The Balaban J connectivity index is 1.71. The number of aliphatic carboxylic acids is 1. The molecule has 0 radical (unpaired) electrons. The maximum absolute atomic E-state index is 12.0. The molecule has 0 unspecified atom stereocenters. The molecule has 0 spiro atoms. The summed E-state index contributed by atoms with van der Waals surface area (Å²) in [6.45, 7) is 11.1. The van der Waals surface area contributed by atoms with Gasteiger partial charge in [-0.2, -0.15) is 0 Å². The number of nitrogens with zero attached hydrogens (tertiary/aromatic N) is 2. The van der Waals surface area contributed by atoms with Crippen molar-refractivity contribution in [2.45, 2.75) is 45.3 Å². The third-order valence-corrected chi connectivity index (χ3v) is 11.0. The van der Waals surface area contributed by atoms with Crippen molar-refractivity contribution in [2.75, 3.05) is 5.32 Å². The first kappa shape index (κ1) is 26.9. The van der Waals surface area contributed by atoms with E-state index in [9.17, 15) is 9.90 Å². The summed E-state index contributed by atoms with van der Waals surface area (Å²) >= 11 is 0. The topological polar surface area (TPSA) is 97.5 Å². The summed E-state index contributed by atoms with van der Waals surface area (Å²) in [4.78, 5) is 21.5. The highest BCUT2D eigenvalue weighted by Crippen LogP contribution is 2.38. The SMILES string of the molecule is CC(C)(C)[Si](C)(C)Oc1cccc(-c2cnc(NC(=Cc3ccco3)C(=O)O)c(Cc3ccccc3)n2)c1. The van der Waals surface area contributed by atoms with Crippen LogP contribution >= 0.6 is 0 Å². The number of hydrogen-bond acceptors (Lipinski definition) is 6. The maximum Gasteiger partial charge on any atom is 0.352 e. The Labute approximate surface area is 224 Å². The third-order valence-electron chi connectivity index (χ3n) is 6.68. The summed E-state index contributed by atoms with van der Waals surface area (Å²) in [7, 11) is -2.01. The Hall–Kier alpha value is -4.17. The highest BCUT2D eigenvalue weighted by molar-refractivity contribution is 6.74. The summed E-state index contributed by atoms with van der Waals surface area (Å²) in [5.41, 5.74) is 3.13. The van der Waals surface area contributed by atoms with E-state index in [2.05, 4.69) is 44.2 Å². The number of anilines is 1. The highest BCUT2D eigenvalue weighted by atomic mass is 28.4. The molecule has 0 saturated carbocycles. The first-order valence-electron chi connectivity index (χ1n) is 12.5. The van der Waals surface area contributed by atoms with Crippen molar-refractivity contribution >= 4 is 26.2 Å². The van der Waals surface area contributed by atoms with Crippen molar-refractivity contribution in [1.29, 1.82) is 0 Å². The van der Waals surface area contributed by atoms with Crippen LogP contribution in [-0.2, 0) is 11.2 Å². The van der Waals surface area contributed by atoms with Gasteiger partial charge in [0.05, 0.1) is 23.8 Å². The van der Waals surface area contributed by atoms with Gasteiger partial charge in [0.25, 0.3) is 0 Å². The number of carboxylic acids is 1. The summed E-state index contributed by atoms with van der Waals surface area (Å²) in [6, 6.07) is 21.1. The molecule has 8 heteroatoms. The second-order valence-corrected chi connectivity index (χ2v) is 15.3. The molecular formula is C30H33N3O4Si. The fourth-order valence-corrected chi connectivity index (χ4v) is 4.57. The van der Waals surface area contributed by atoms with E-state index in [-0.39, 0.29) is 10.7 Å². The quantitative estimate of drug-likeness (QED) is 0.175. The van der Waals surface area contributed by atoms with Gasteiger partial charge in [-0.15, -0.1) is 0 Å². The molecule has 2 aromatic heterocycles. The van der Waals surface area contributed by atoms with Gasteiger partial charge >= 0.3 is 5.97 Å². The largest absolute Gasteiger partial charge is 0.543 e. The molecule has 0 amide bonds. The number of rotatable bonds is 9. The Morgan fingerprint density at radius 2 is 1.84 bits per heavy atom. The van der Waals surface area contributed by atoms with Gasteiger partial charge in [-0.25, -0.2) is 14.8 Å². The Kier molecular flexibility index (Phi) is 7.82. The van der Waals surface area contributed by atoms with Crippen molar-refractivity contribution in [2.24, 2.45) is 0 Å². The van der Waals surface area contributed by atoms with E-state index in [1.807, 2.05) is 54.6 Å². The van der Waals surface area contributed by atoms with Crippen LogP contribution < -0.4 is 9.74 Å². The lowest BCUT2D eigenvalue weighted by Crippen LogP contribution is -2.43. The van der Waals surface area contributed by atoms with Gasteiger partial charge in [0.2, 0.25) is 8.32 Å². The monoisotopic (exact) mass is 527 g/mol. The minimum Gasteiger partial charge on any atom is -0.543 e.